The minimum atomic E-state index is -0.801. The second-order valence-electron chi connectivity index (χ2n) is 3.13. The van der Waals surface area contributed by atoms with Gasteiger partial charge in [0.1, 0.15) is 0 Å². The van der Waals surface area contributed by atoms with Crippen LogP contribution in [0.25, 0.3) is 0 Å². The van der Waals surface area contributed by atoms with Gasteiger partial charge in [0, 0.05) is 22.7 Å². The molecule has 0 saturated carbocycles. The zero-order chi connectivity index (χ0) is 10.6. The molecule has 1 atom stereocenters. The first-order valence-corrected chi connectivity index (χ1v) is 5.54. The van der Waals surface area contributed by atoms with Gasteiger partial charge in [0.25, 0.3) is 0 Å². The highest BCUT2D eigenvalue weighted by Crippen LogP contribution is 2.20. The molecule has 0 spiro atoms. The molecule has 0 radical (unpaired) electrons. The molecule has 3 N–H and O–H groups in total. The molecule has 0 amide bonds. The first kappa shape index (κ1) is 11.5. The highest BCUT2D eigenvalue weighted by molar-refractivity contribution is 7.10. The lowest BCUT2D eigenvalue weighted by molar-refractivity contribution is -0.137. The molecule has 78 valence electrons. The van der Waals surface area contributed by atoms with Gasteiger partial charge in [-0.3, -0.25) is 4.79 Å². The molecule has 0 aliphatic rings. The van der Waals surface area contributed by atoms with Gasteiger partial charge in [-0.15, -0.1) is 11.3 Å². The van der Waals surface area contributed by atoms with Crippen LogP contribution < -0.4 is 5.73 Å². The quantitative estimate of drug-likeness (QED) is 0.819. The van der Waals surface area contributed by atoms with Crippen LogP contribution in [0.4, 0.5) is 0 Å². The van der Waals surface area contributed by atoms with Crippen molar-refractivity contribution in [2.75, 3.05) is 0 Å². The number of thiophene rings is 1. The summed E-state index contributed by atoms with van der Waals surface area (Å²) < 4.78 is 0. The third-order valence-electron chi connectivity index (χ3n) is 1.81. The Kier molecular flexibility index (Phi) is 4.38. The van der Waals surface area contributed by atoms with Crippen molar-refractivity contribution >= 4 is 28.9 Å². The first-order chi connectivity index (χ1) is 6.58. The van der Waals surface area contributed by atoms with Gasteiger partial charge in [-0.05, 0) is 18.9 Å². The normalized spacial score (nSPS) is 12.7. The fourth-order valence-electron chi connectivity index (χ4n) is 1.13. The van der Waals surface area contributed by atoms with Crippen LogP contribution in [0.3, 0.4) is 0 Å². The monoisotopic (exact) mass is 233 g/mol. The highest BCUT2D eigenvalue weighted by atomic mass is 35.5. The number of aliphatic carboxylic acids is 1. The molecule has 1 unspecified atom stereocenters. The SMILES string of the molecule is NC(CCC(=O)O)Cc1cc(Cl)cs1. The van der Waals surface area contributed by atoms with E-state index in [0.717, 1.165) is 9.90 Å². The summed E-state index contributed by atoms with van der Waals surface area (Å²) in [4.78, 5) is 11.4. The molecule has 0 aliphatic carbocycles. The second-order valence-corrected chi connectivity index (χ2v) is 4.56. The molecular weight excluding hydrogens is 222 g/mol. The fourth-order valence-corrected chi connectivity index (χ4v) is 2.30. The number of nitrogens with two attached hydrogens (primary N) is 1. The number of hydrogen-bond donors (Lipinski definition) is 2. The van der Waals surface area contributed by atoms with E-state index in [1.807, 2.05) is 11.4 Å². The predicted octanol–water partition coefficient (Wildman–Crippen LogP) is 2.14. The van der Waals surface area contributed by atoms with E-state index in [0.29, 0.717) is 12.8 Å². The van der Waals surface area contributed by atoms with Crippen molar-refractivity contribution in [3.8, 4) is 0 Å². The number of rotatable bonds is 5. The maximum absolute atomic E-state index is 10.3. The van der Waals surface area contributed by atoms with Crippen LogP contribution in [0.5, 0.6) is 0 Å². The number of halogens is 1. The molecule has 0 saturated heterocycles. The van der Waals surface area contributed by atoms with E-state index >= 15 is 0 Å². The van der Waals surface area contributed by atoms with Crippen molar-refractivity contribution in [1.82, 2.24) is 0 Å². The summed E-state index contributed by atoms with van der Waals surface area (Å²) in [5, 5.41) is 11.0. The van der Waals surface area contributed by atoms with E-state index in [4.69, 9.17) is 22.4 Å². The highest BCUT2D eigenvalue weighted by Gasteiger charge is 2.08. The number of carboxylic acid groups (broad SMARTS) is 1. The van der Waals surface area contributed by atoms with Crippen LogP contribution in [0, 0.1) is 0 Å². The Labute approximate surface area is 91.5 Å². The molecule has 0 fully saturated rings. The van der Waals surface area contributed by atoms with Crippen LogP contribution in [0.2, 0.25) is 5.02 Å². The summed E-state index contributed by atoms with van der Waals surface area (Å²) in [5.74, 6) is -0.801. The first-order valence-electron chi connectivity index (χ1n) is 4.28. The molecule has 1 aromatic rings. The lowest BCUT2D eigenvalue weighted by atomic mass is 10.1. The lowest BCUT2D eigenvalue weighted by Crippen LogP contribution is -2.23. The minimum Gasteiger partial charge on any atom is -0.481 e. The zero-order valence-electron chi connectivity index (χ0n) is 7.57. The predicted molar refractivity (Wildman–Crippen MR) is 57.9 cm³/mol. The van der Waals surface area contributed by atoms with E-state index in [9.17, 15) is 4.79 Å². The van der Waals surface area contributed by atoms with E-state index in [1.165, 1.54) is 0 Å². The summed E-state index contributed by atoms with van der Waals surface area (Å²) in [7, 11) is 0. The Bertz CT molecular complexity index is 314. The molecule has 1 aromatic heterocycles. The Morgan fingerprint density at radius 3 is 2.93 bits per heavy atom. The van der Waals surface area contributed by atoms with E-state index < -0.39 is 5.97 Å². The van der Waals surface area contributed by atoms with Gasteiger partial charge in [-0.2, -0.15) is 0 Å². The Morgan fingerprint density at radius 2 is 2.43 bits per heavy atom. The maximum atomic E-state index is 10.3. The Hall–Kier alpha value is -0.580. The van der Waals surface area contributed by atoms with Gasteiger partial charge in [0.15, 0.2) is 0 Å². The Balaban J connectivity index is 2.33. The van der Waals surface area contributed by atoms with E-state index in [1.54, 1.807) is 11.3 Å². The third-order valence-corrected chi connectivity index (χ3v) is 3.12. The lowest BCUT2D eigenvalue weighted by Gasteiger charge is -2.07. The largest absolute Gasteiger partial charge is 0.481 e. The van der Waals surface area contributed by atoms with Crippen LogP contribution in [0.15, 0.2) is 11.4 Å². The van der Waals surface area contributed by atoms with Gasteiger partial charge >= 0.3 is 5.97 Å². The summed E-state index contributed by atoms with van der Waals surface area (Å²) in [5.41, 5.74) is 5.76. The average Bonchev–Trinajstić information content (AvgIpc) is 2.48. The summed E-state index contributed by atoms with van der Waals surface area (Å²) in [6, 6.07) is 1.77. The molecule has 1 rings (SSSR count). The molecule has 14 heavy (non-hydrogen) atoms. The summed E-state index contributed by atoms with van der Waals surface area (Å²) in [6.07, 6.45) is 1.33. The van der Waals surface area contributed by atoms with Crippen molar-refractivity contribution in [3.05, 3.63) is 21.3 Å². The van der Waals surface area contributed by atoms with Crippen LogP contribution >= 0.6 is 22.9 Å². The van der Waals surface area contributed by atoms with Gasteiger partial charge in [-0.1, -0.05) is 11.6 Å². The van der Waals surface area contributed by atoms with Gasteiger partial charge in [0.2, 0.25) is 0 Å². The van der Waals surface area contributed by atoms with Crippen molar-refractivity contribution in [1.29, 1.82) is 0 Å². The van der Waals surface area contributed by atoms with Crippen molar-refractivity contribution in [2.45, 2.75) is 25.3 Å². The van der Waals surface area contributed by atoms with Crippen LogP contribution in [-0.2, 0) is 11.2 Å². The summed E-state index contributed by atoms with van der Waals surface area (Å²) in [6.45, 7) is 0. The van der Waals surface area contributed by atoms with Gasteiger partial charge in [-0.25, -0.2) is 0 Å². The van der Waals surface area contributed by atoms with Gasteiger partial charge < -0.3 is 10.8 Å². The van der Waals surface area contributed by atoms with Crippen molar-refractivity contribution in [3.63, 3.8) is 0 Å². The number of hydrogen-bond acceptors (Lipinski definition) is 3. The standard InChI is InChI=1S/C9H12ClNO2S/c10-6-3-8(14-5-6)4-7(11)1-2-9(12)13/h3,5,7H,1-2,4,11H2,(H,12,13). The molecule has 5 heteroatoms. The fraction of sp³-hybridized carbons (Fsp3) is 0.444. The number of carbonyl (C=O) groups is 1. The number of carboxylic acids is 1. The van der Waals surface area contributed by atoms with E-state index in [-0.39, 0.29) is 12.5 Å². The van der Waals surface area contributed by atoms with Crippen LogP contribution in [0.1, 0.15) is 17.7 Å². The molecule has 0 bridgehead atoms. The van der Waals surface area contributed by atoms with Crippen molar-refractivity contribution in [2.24, 2.45) is 5.73 Å². The second kappa shape index (κ2) is 5.34. The topological polar surface area (TPSA) is 63.3 Å². The molecule has 1 heterocycles. The van der Waals surface area contributed by atoms with Crippen LogP contribution in [-0.4, -0.2) is 17.1 Å². The molecule has 3 nitrogen and oxygen atoms in total. The maximum Gasteiger partial charge on any atom is 0.303 e. The van der Waals surface area contributed by atoms with E-state index in [2.05, 4.69) is 0 Å². The molecular formula is C9H12ClNO2S. The zero-order valence-corrected chi connectivity index (χ0v) is 9.14. The smallest absolute Gasteiger partial charge is 0.303 e. The van der Waals surface area contributed by atoms with Gasteiger partial charge in [0.05, 0.1) is 5.02 Å². The third kappa shape index (κ3) is 4.09. The Morgan fingerprint density at radius 1 is 1.71 bits per heavy atom. The molecule has 0 aliphatic heterocycles. The average molecular weight is 234 g/mol. The van der Waals surface area contributed by atoms with Crippen molar-refractivity contribution < 1.29 is 9.90 Å². The summed E-state index contributed by atoms with van der Waals surface area (Å²) >= 11 is 7.30. The minimum absolute atomic E-state index is 0.0965. The molecule has 0 aromatic carbocycles.